The highest BCUT2D eigenvalue weighted by atomic mass is 19.4. The average Bonchev–Trinajstić information content (AvgIpc) is 2.52. The van der Waals surface area contributed by atoms with Gasteiger partial charge in [0.05, 0.1) is 0 Å². The van der Waals surface area contributed by atoms with Crippen molar-refractivity contribution in [3.8, 4) is 5.75 Å². The minimum Gasteiger partial charge on any atom is -0.484 e. The van der Waals surface area contributed by atoms with Crippen molar-refractivity contribution in [2.24, 2.45) is 0 Å². The lowest BCUT2D eigenvalue weighted by Crippen LogP contribution is -2.30. The topological polar surface area (TPSA) is 41.6 Å². The molecule has 0 saturated carbocycles. The van der Waals surface area contributed by atoms with Crippen LogP contribution in [0, 0.1) is 5.82 Å². The van der Waals surface area contributed by atoms with Crippen molar-refractivity contribution >= 4 is 11.7 Å². The number of nitrogens with zero attached hydrogens (tertiary/aromatic N) is 1. The second-order valence-electron chi connectivity index (χ2n) is 5.35. The van der Waals surface area contributed by atoms with Crippen LogP contribution < -0.4 is 10.1 Å². The molecule has 1 N–H and O–H groups in total. The van der Waals surface area contributed by atoms with Gasteiger partial charge >= 0.3 is 12.2 Å². The molecule has 0 fully saturated rings. The molecule has 2 amide bonds. The lowest BCUT2D eigenvalue weighted by atomic mass is 10.2. The molecule has 0 aromatic heterocycles. The fraction of sp³-hybridized carbons (Fsp3) is 0.235. The Hall–Kier alpha value is -2.77. The third-order valence-electron chi connectivity index (χ3n) is 3.14. The number of ether oxygens (including phenoxy) is 1. The van der Waals surface area contributed by atoms with Crippen LogP contribution in [0.1, 0.15) is 5.56 Å². The minimum absolute atomic E-state index is 0.0112. The van der Waals surface area contributed by atoms with Crippen LogP contribution in [-0.4, -0.2) is 30.8 Å². The van der Waals surface area contributed by atoms with Crippen molar-refractivity contribution in [3.63, 3.8) is 0 Å². The number of amides is 2. The molecule has 0 spiro atoms. The van der Waals surface area contributed by atoms with Crippen LogP contribution in [0.4, 0.5) is 28.0 Å². The first kappa shape index (κ1) is 18.6. The summed E-state index contributed by atoms with van der Waals surface area (Å²) >= 11 is 0. The quantitative estimate of drug-likeness (QED) is 0.806. The highest BCUT2D eigenvalue weighted by molar-refractivity contribution is 5.89. The van der Waals surface area contributed by atoms with Gasteiger partial charge in [-0.15, -0.1) is 0 Å². The number of carbonyl (C=O) groups excluding carboxylic acids is 1. The van der Waals surface area contributed by atoms with E-state index in [4.69, 9.17) is 0 Å². The van der Waals surface area contributed by atoms with Crippen LogP contribution in [0.2, 0.25) is 0 Å². The molecule has 2 aromatic carbocycles. The van der Waals surface area contributed by atoms with Crippen LogP contribution in [0.25, 0.3) is 0 Å². The van der Waals surface area contributed by atoms with Crippen LogP contribution in [-0.2, 0) is 6.54 Å². The number of rotatable bonds is 5. The first-order valence-electron chi connectivity index (χ1n) is 7.29. The van der Waals surface area contributed by atoms with E-state index in [-0.39, 0.29) is 18.0 Å². The van der Waals surface area contributed by atoms with Crippen molar-refractivity contribution in [2.75, 3.05) is 19.0 Å². The van der Waals surface area contributed by atoms with Crippen molar-refractivity contribution in [2.45, 2.75) is 12.7 Å². The summed E-state index contributed by atoms with van der Waals surface area (Å²) in [6, 6.07) is 11.0. The molecule has 0 aliphatic rings. The van der Waals surface area contributed by atoms with Crippen LogP contribution in [0.5, 0.6) is 5.75 Å². The molecule has 0 heterocycles. The third kappa shape index (κ3) is 6.33. The number of nitrogens with one attached hydrogen (secondary N) is 1. The average molecular weight is 356 g/mol. The number of halogens is 4. The summed E-state index contributed by atoms with van der Waals surface area (Å²) in [5, 5.41) is 2.55. The zero-order valence-corrected chi connectivity index (χ0v) is 13.3. The number of hydrogen-bond donors (Lipinski definition) is 1. The second kappa shape index (κ2) is 7.87. The Morgan fingerprint density at radius 2 is 1.88 bits per heavy atom. The number of benzene rings is 2. The second-order valence-corrected chi connectivity index (χ2v) is 5.35. The van der Waals surface area contributed by atoms with E-state index in [1.165, 1.54) is 54.4 Å². The number of alkyl halides is 3. The monoisotopic (exact) mass is 356 g/mol. The normalized spacial score (nSPS) is 11.1. The molecule has 0 atom stereocenters. The summed E-state index contributed by atoms with van der Waals surface area (Å²) in [4.78, 5) is 13.4. The molecule has 134 valence electrons. The van der Waals surface area contributed by atoms with Gasteiger partial charge in [0.25, 0.3) is 0 Å². The molecule has 0 radical (unpaired) electrons. The Balaban J connectivity index is 1.95. The van der Waals surface area contributed by atoms with Crippen molar-refractivity contribution < 1.29 is 27.1 Å². The van der Waals surface area contributed by atoms with Gasteiger partial charge in [0.15, 0.2) is 6.61 Å². The molecular formula is C17H16F4N2O2. The van der Waals surface area contributed by atoms with E-state index in [1.54, 1.807) is 6.07 Å². The predicted octanol–water partition coefficient (Wildman–Crippen LogP) is 4.43. The summed E-state index contributed by atoms with van der Waals surface area (Å²) in [5.74, 6) is -0.413. The molecule has 25 heavy (non-hydrogen) atoms. The van der Waals surface area contributed by atoms with E-state index in [9.17, 15) is 22.4 Å². The summed E-state index contributed by atoms with van der Waals surface area (Å²) in [6.45, 7) is -1.24. The lowest BCUT2D eigenvalue weighted by Gasteiger charge is -2.18. The van der Waals surface area contributed by atoms with E-state index in [2.05, 4.69) is 10.1 Å². The summed E-state index contributed by atoms with van der Waals surface area (Å²) in [6.07, 6.45) is -4.44. The van der Waals surface area contributed by atoms with E-state index < -0.39 is 24.6 Å². The smallest absolute Gasteiger partial charge is 0.422 e. The van der Waals surface area contributed by atoms with Gasteiger partial charge in [0.1, 0.15) is 11.6 Å². The van der Waals surface area contributed by atoms with Gasteiger partial charge in [-0.2, -0.15) is 13.2 Å². The molecule has 2 aromatic rings. The van der Waals surface area contributed by atoms with Crippen LogP contribution >= 0.6 is 0 Å². The molecule has 4 nitrogen and oxygen atoms in total. The van der Waals surface area contributed by atoms with Gasteiger partial charge in [-0.3, -0.25) is 0 Å². The van der Waals surface area contributed by atoms with Crippen LogP contribution in [0.3, 0.4) is 0 Å². The van der Waals surface area contributed by atoms with E-state index in [0.29, 0.717) is 5.56 Å². The standard InChI is InChI=1S/C17H16F4N2O2/c1-23(10-12-4-2-5-13(18)8-12)16(24)22-14-6-3-7-15(9-14)25-11-17(19,20)21/h2-9H,10-11H2,1H3,(H,22,24). The van der Waals surface area contributed by atoms with Crippen molar-refractivity contribution in [1.29, 1.82) is 0 Å². The minimum atomic E-state index is -4.44. The SMILES string of the molecule is CN(Cc1cccc(F)c1)C(=O)Nc1cccc(OCC(F)(F)F)c1. The molecule has 2 rings (SSSR count). The zero-order valence-electron chi connectivity index (χ0n) is 13.3. The van der Waals surface area contributed by atoms with E-state index >= 15 is 0 Å². The number of urea groups is 1. The van der Waals surface area contributed by atoms with Gasteiger partial charge in [-0.05, 0) is 29.8 Å². The first-order valence-corrected chi connectivity index (χ1v) is 7.29. The lowest BCUT2D eigenvalue weighted by molar-refractivity contribution is -0.153. The fourth-order valence-electron chi connectivity index (χ4n) is 2.03. The van der Waals surface area contributed by atoms with E-state index in [0.717, 1.165) is 0 Å². The summed E-state index contributed by atoms with van der Waals surface area (Å²) in [5.41, 5.74) is 0.899. The fourth-order valence-corrected chi connectivity index (χ4v) is 2.03. The Labute approximate surface area is 142 Å². The van der Waals surface area contributed by atoms with Gasteiger partial charge in [0, 0.05) is 25.3 Å². The Morgan fingerprint density at radius 3 is 2.56 bits per heavy atom. The molecule has 0 aliphatic heterocycles. The molecule has 0 unspecified atom stereocenters. The maximum absolute atomic E-state index is 13.2. The number of carbonyl (C=O) groups is 1. The Morgan fingerprint density at radius 1 is 1.16 bits per heavy atom. The summed E-state index contributed by atoms with van der Waals surface area (Å²) in [7, 11) is 1.52. The van der Waals surface area contributed by atoms with Gasteiger partial charge in [-0.25, -0.2) is 9.18 Å². The van der Waals surface area contributed by atoms with Crippen molar-refractivity contribution in [3.05, 3.63) is 59.9 Å². The highest BCUT2D eigenvalue weighted by Crippen LogP contribution is 2.21. The Bertz CT molecular complexity index is 735. The van der Waals surface area contributed by atoms with Crippen LogP contribution in [0.15, 0.2) is 48.5 Å². The zero-order chi connectivity index (χ0) is 18.4. The number of hydrogen-bond acceptors (Lipinski definition) is 2. The molecular weight excluding hydrogens is 340 g/mol. The highest BCUT2D eigenvalue weighted by Gasteiger charge is 2.28. The van der Waals surface area contributed by atoms with Gasteiger partial charge < -0.3 is 15.0 Å². The number of anilines is 1. The predicted molar refractivity (Wildman–Crippen MR) is 84.9 cm³/mol. The maximum Gasteiger partial charge on any atom is 0.422 e. The first-order chi connectivity index (χ1) is 11.7. The molecule has 0 saturated heterocycles. The Kier molecular flexibility index (Phi) is 5.84. The maximum atomic E-state index is 13.2. The largest absolute Gasteiger partial charge is 0.484 e. The molecule has 0 bridgehead atoms. The molecule has 0 aliphatic carbocycles. The summed E-state index contributed by atoms with van der Waals surface area (Å²) < 4.78 is 54.3. The third-order valence-corrected chi connectivity index (χ3v) is 3.14. The van der Waals surface area contributed by atoms with Gasteiger partial charge in [-0.1, -0.05) is 18.2 Å². The molecule has 8 heteroatoms. The van der Waals surface area contributed by atoms with E-state index in [1.807, 2.05) is 0 Å². The van der Waals surface area contributed by atoms with Gasteiger partial charge in [0.2, 0.25) is 0 Å². The van der Waals surface area contributed by atoms with Crippen molar-refractivity contribution in [1.82, 2.24) is 4.90 Å².